The summed E-state index contributed by atoms with van der Waals surface area (Å²) in [5.74, 6) is 0.576. The lowest BCUT2D eigenvalue weighted by Gasteiger charge is -2.28. The third-order valence-corrected chi connectivity index (χ3v) is 3.97. The summed E-state index contributed by atoms with van der Waals surface area (Å²) in [5, 5.41) is 6.36. The van der Waals surface area contributed by atoms with Gasteiger partial charge in [0.2, 0.25) is 5.91 Å². The zero-order chi connectivity index (χ0) is 15.3. The van der Waals surface area contributed by atoms with Crippen molar-refractivity contribution in [2.24, 2.45) is 5.92 Å². The number of benzene rings is 1. The molecule has 1 fully saturated rings. The topological polar surface area (TPSA) is 50.4 Å². The van der Waals surface area contributed by atoms with Crippen LogP contribution in [0.15, 0.2) is 24.3 Å². The van der Waals surface area contributed by atoms with E-state index in [1.54, 1.807) is 0 Å². The molecule has 1 aliphatic rings. The Kier molecular flexibility index (Phi) is 5.23. The van der Waals surface area contributed by atoms with Gasteiger partial charge in [0.1, 0.15) is 5.54 Å². The van der Waals surface area contributed by atoms with E-state index in [0.717, 1.165) is 38.3 Å². The largest absolute Gasteiger partial charge is 0.381 e. The highest BCUT2D eigenvalue weighted by Gasteiger charge is 2.28. The number of aryl methyl sites for hydroxylation is 1. The standard InChI is InChI=1S/C17H26N2O2/c1-13-4-6-15(7-5-13)19-17(2,3)16(20)18-12-14-8-10-21-11-9-14/h4-7,14,19H,8-12H2,1-3H3,(H,18,20). The third-order valence-electron chi connectivity index (χ3n) is 3.97. The Hall–Kier alpha value is -1.55. The highest BCUT2D eigenvalue weighted by atomic mass is 16.5. The number of carbonyl (C=O) groups excluding carboxylic acids is 1. The van der Waals surface area contributed by atoms with Crippen molar-refractivity contribution in [2.75, 3.05) is 25.1 Å². The minimum atomic E-state index is -0.625. The van der Waals surface area contributed by atoms with Crippen LogP contribution >= 0.6 is 0 Å². The van der Waals surface area contributed by atoms with Gasteiger partial charge in [-0.3, -0.25) is 4.79 Å². The molecule has 0 saturated carbocycles. The van der Waals surface area contributed by atoms with Crippen LogP contribution in [-0.2, 0) is 9.53 Å². The van der Waals surface area contributed by atoms with Gasteiger partial charge >= 0.3 is 0 Å². The van der Waals surface area contributed by atoms with Crippen molar-refractivity contribution in [3.8, 4) is 0 Å². The van der Waals surface area contributed by atoms with E-state index in [4.69, 9.17) is 4.74 Å². The maximum absolute atomic E-state index is 12.4. The molecule has 2 rings (SSSR count). The maximum atomic E-state index is 12.4. The second-order valence-corrected chi connectivity index (χ2v) is 6.38. The quantitative estimate of drug-likeness (QED) is 0.876. The SMILES string of the molecule is Cc1ccc(NC(C)(C)C(=O)NCC2CCOCC2)cc1. The fourth-order valence-corrected chi connectivity index (χ4v) is 2.46. The van der Waals surface area contributed by atoms with Crippen LogP contribution in [0.25, 0.3) is 0 Å². The summed E-state index contributed by atoms with van der Waals surface area (Å²) in [4.78, 5) is 12.4. The Balaban J connectivity index is 1.85. The molecule has 4 heteroatoms. The summed E-state index contributed by atoms with van der Waals surface area (Å²) in [6.45, 7) is 8.23. The summed E-state index contributed by atoms with van der Waals surface area (Å²) < 4.78 is 5.34. The van der Waals surface area contributed by atoms with Crippen molar-refractivity contribution in [1.29, 1.82) is 0 Å². The number of hydrogen-bond acceptors (Lipinski definition) is 3. The second-order valence-electron chi connectivity index (χ2n) is 6.38. The normalized spacial score (nSPS) is 16.5. The zero-order valence-corrected chi connectivity index (χ0v) is 13.2. The van der Waals surface area contributed by atoms with Gasteiger partial charge in [0, 0.05) is 25.4 Å². The van der Waals surface area contributed by atoms with E-state index in [2.05, 4.69) is 17.6 Å². The summed E-state index contributed by atoms with van der Waals surface area (Å²) >= 11 is 0. The maximum Gasteiger partial charge on any atom is 0.245 e. The number of carbonyl (C=O) groups is 1. The highest BCUT2D eigenvalue weighted by Crippen LogP contribution is 2.17. The monoisotopic (exact) mass is 290 g/mol. The van der Waals surface area contributed by atoms with Gasteiger partial charge in [0.25, 0.3) is 0 Å². The van der Waals surface area contributed by atoms with Gasteiger partial charge in [-0.25, -0.2) is 0 Å². The third kappa shape index (κ3) is 4.74. The number of hydrogen-bond donors (Lipinski definition) is 2. The summed E-state index contributed by atoms with van der Waals surface area (Å²) in [5.41, 5.74) is 1.55. The van der Waals surface area contributed by atoms with Crippen LogP contribution < -0.4 is 10.6 Å². The van der Waals surface area contributed by atoms with Crippen LogP contribution in [0.3, 0.4) is 0 Å². The van der Waals surface area contributed by atoms with Gasteiger partial charge < -0.3 is 15.4 Å². The Morgan fingerprint density at radius 2 is 1.86 bits per heavy atom. The lowest BCUT2D eigenvalue weighted by Crippen LogP contribution is -2.49. The first kappa shape index (κ1) is 15.8. The van der Waals surface area contributed by atoms with Gasteiger partial charge in [-0.2, -0.15) is 0 Å². The molecular formula is C17H26N2O2. The van der Waals surface area contributed by atoms with E-state index in [0.29, 0.717) is 5.92 Å². The highest BCUT2D eigenvalue weighted by molar-refractivity contribution is 5.88. The van der Waals surface area contributed by atoms with Crippen molar-refractivity contribution < 1.29 is 9.53 Å². The van der Waals surface area contributed by atoms with Gasteiger partial charge in [-0.15, -0.1) is 0 Å². The number of anilines is 1. The van der Waals surface area contributed by atoms with Gasteiger partial charge in [-0.05, 0) is 51.7 Å². The Morgan fingerprint density at radius 1 is 1.24 bits per heavy atom. The molecule has 0 aliphatic carbocycles. The number of nitrogens with one attached hydrogen (secondary N) is 2. The van der Waals surface area contributed by atoms with Crippen molar-refractivity contribution in [3.63, 3.8) is 0 Å². The number of rotatable bonds is 5. The Labute approximate surface area is 127 Å². The van der Waals surface area contributed by atoms with E-state index in [1.165, 1.54) is 5.56 Å². The van der Waals surface area contributed by atoms with Gasteiger partial charge in [0.05, 0.1) is 0 Å². The molecule has 0 bridgehead atoms. The summed E-state index contributed by atoms with van der Waals surface area (Å²) in [6, 6.07) is 8.09. The lowest BCUT2D eigenvalue weighted by atomic mass is 9.99. The first-order valence-corrected chi connectivity index (χ1v) is 7.68. The zero-order valence-electron chi connectivity index (χ0n) is 13.2. The Bertz CT molecular complexity index is 462. The second kappa shape index (κ2) is 6.94. The molecule has 0 aromatic heterocycles. The minimum Gasteiger partial charge on any atom is -0.381 e. The molecule has 1 saturated heterocycles. The predicted molar refractivity (Wildman–Crippen MR) is 85.4 cm³/mol. The molecule has 116 valence electrons. The van der Waals surface area contributed by atoms with Crippen LogP contribution in [0, 0.1) is 12.8 Å². The molecule has 0 spiro atoms. The fourth-order valence-electron chi connectivity index (χ4n) is 2.46. The molecule has 1 aromatic rings. The molecule has 0 atom stereocenters. The average Bonchev–Trinajstić information content (AvgIpc) is 2.48. The molecule has 0 radical (unpaired) electrons. The smallest absolute Gasteiger partial charge is 0.245 e. The van der Waals surface area contributed by atoms with Crippen molar-refractivity contribution in [1.82, 2.24) is 5.32 Å². The average molecular weight is 290 g/mol. The number of ether oxygens (including phenoxy) is 1. The van der Waals surface area contributed by atoms with E-state index in [1.807, 2.05) is 38.1 Å². The first-order chi connectivity index (χ1) is 9.97. The minimum absolute atomic E-state index is 0.0366. The van der Waals surface area contributed by atoms with Crippen LogP contribution in [0.1, 0.15) is 32.3 Å². The molecule has 1 aromatic carbocycles. The number of amides is 1. The Morgan fingerprint density at radius 3 is 2.48 bits per heavy atom. The van der Waals surface area contributed by atoms with Crippen LogP contribution in [0.2, 0.25) is 0 Å². The first-order valence-electron chi connectivity index (χ1n) is 7.68. The van der Waals surface area contributed by atoms with E-state index in [-0.39, 0.29) is 5.91 Å². The molecule has 2 N–H and O–H groups in total. The molecule has 1 heterocycles. The molecule has 4 nitrogen and oxygen atoms in total. The van der Waals surface area contributed by atoms with E-state index >= 15 is 0 Å². The van der Waals surface area contributed by atoms with Crippen LogP contribution in [0.4, 0.5) is 5.69 Å². The lowest BCUT2D eigenvalue weighted by molar-refractivity contribution is -0.124. The van der Waals surface area contributed by atoms with Gasteiger partial charge in [0.15, 0.2) is 0 Å². The van der Waals surface area contributed by atoms with E-state index in [9.17, 15) is 4.79 Å². The summed E-state index contributed by atoms with van der Waals surface area (Å²) in [6.07, 6.45) is 2.07. The molecule has 1 amide bonds. The van der Waals surface area contributed by atoms with Crippen LogP contribution in [0.5, 0.6) is 0 Å². The molecular weight excluding hydrogens is 264 g/mol. The van der Waals surface area contributed by atoms with Crippen molar-refractivity contribution >= 4 is 11.6 Å². The molecule has 1 aliphatic heterocycles. The molecule has 0 unspecified atom stereocenters. The fraction of sp³-hybridized carbons (Fsp3) is 0.588. The van der Waals surface area contributed by atoms with E-state index < -0.39 is 5.54 Å². The molecule has 21 heavy (non-hydrogen) atoms. The van der Waals surface area contributed by atoms with Crippen molar-refractivity contribution in [3.05, 3.63) is 29.8 Å². The predicted octanol–water partition coefficient (Wildman–Crippen LogP) is 2.73. The van der Waals surface area contributed by atoms with Crippen LogP contribution in [-0.4, -0.2) is 31.2 Å². The van der Waals surface area contributed by atoms with Crippen molar-refractivity contribution in [2.45, 2.75) is 39.2 Å². The van der Waals surface area contributed by atoms with Gasteiger partial charge in [-0.1, -0.05) is 17.7 Å². The summed E-state index contributed by atoms with van der Waals surface area (Å²) in [7, 11) is 0.